The van der Waals surface area contributed by atoms with Crippen molar-refractivity contribution in [2.24, 2.45) is 0 Å². The molecule has 1 heteroatoms. The lowest BCUT2D eigenvalue weighted by molar-refractivity contribution is 0.966. The quantitative estimate of drug-likeness (QED) is 0.246. The van der Waals surface area contributed by atoms with E-state index in [4.69, 9.17) is 0 Å². The second kappa shape index (κ2) is 10.8. The molecule has 0 radical (unpaired) electrons. The maximum atomic E-state index is 3.89. The van der Waals surface area contributed by atoms with E-state index < -0.39 is 0 Å². The van der Waals surface area contributed by atoms with Gasteiger partial charge in [0.05, 0.1) is 0 Å². The molecule has 4 aromatic carbocycles. The van der Waals surface area contributed by atoms with Gasteiger partial charge in [-0.1, -0.05) is 109 Å². The zero-order valence-corrected chi connectivity index (χ0v) is 18.7. The van der Waals surface area contributed by atoms with E-state index in [0.717, 1.165) is 25.7 Å². The summed E-state index contributed by atoms with van der Waals surface area (Å²) in [6.07, 6.45) is 5.98. The van der Waals surface area contributed by atoms with Crippen LogP contribution < -0.4 is 0 Å². The highest BCUT2D eigenvalue weighted by Crippen LogP contribution is 2.35. The van der Waals surface area contributed by atoms with Crippen LogP contribution in [0.3, 0.4) is 0 Å². The van der Waals surface area contributed by atoms with Crippen LogP contribution in [0.1, 0.15) is 34.2 Å². The molecule has 0 spiro atoms. The molecule has 0 saturated carbocycles. The van der Waals surface area contributed by atoms with Crippen LogP contribution in [0.2, 0.25) is 0 Å². The Morgan fingerprint density at radius 2 is 1.06 bits per heavy atom. The van der Waals surface area contributed by atoms with Crippen molar-refractivity contribution >= 4 is 11.8 Å². The van der Waals surface area contributed by atoms with Crippen molar-refractivity contribution in [1.29, 1.82) is 0 Å². The van der Waals surface area contributed by atoms with Gasteiger partial charge >= 0.3 is 0 Å². The van der Waals surface area contributed by atoms with Gasteiger partial charge in [0.25, 0.3) is 0 Å². The summed E-state index contributed by atoms with van der Waals surface area (Å²) in [6.45, 7) is 3.89. The highest BCUT2D eigenvalue weighted by molar-refractivity contribution is 7.99. The first kappa shape index (κ1) is 21.2. The Labute approximate surface area is 190 Å². The summed E-state index contributed by atoms with van der Waals surface area (Å²) in [5, 5.41) is 0. The Morgan fingerprint density at radius 1 is 0.548 bits per heavy atom. The molecule has 0 saturated heterocycles. The zero-order chi connectivity index (χ0) is 21.3. The van der Waals surface area contributed by atoms with Gasteiger partial charge in [0.1, 0.15) is 0 Å². The fourth-order valence-electron chi connectivity index (χ4n) is 3.87. The summed E-state index contributed by atoms with van der Waals surface area (Å²) in [6, 6.07) is 37.1. The Balaban J connectivity index is 1.59. The van der Waals surface area contributed by atoms with Crippen molar-refractivity contribution in [3.05, 3.63) is 144 Å². The van der Waals surface area contributed by atoms with Crippen molar-refractivity contribution in [3.63, 3.8) is 0 Å². The number of benzene rings is 4. The summed E-state index contributed by atoms with van der Waals surface area (Å²) in [5.74, 6) is 0. The average molecular weight is 421 g/mol. The van der Waals surface area contributed by atoms with Gasteiger partial charge in [-0.2, -0.15) is 0 Å². The Morgan fingerprint density at radius 3 is 1.71 bits per heavy atom. The van der Waals surface area contributed by atoms with Gasteiger partial charge in [-0.05, 0) is 65.6 Å². The lowest BCUT2D eigenvalue weighted by Gasteiger charge is -2.14. The molecule has 0 amide bonds. The van der Waals surface area contributed by atoms with Gasteiger partial charge in [0, 0.05) is 9.79 Å². The minimum atomic E-state index is 0.955. The molecule has 0 atom stereocenters. The number of allylic oxidation sites excluding steroid dienone is 1. The second-order valence-electron chi connectivity index (χ2n) is 7.75. The van der Waals surface area contributed by atoms with E-state index in [9.17, 15) is 0 Å². The van der Waals surface area contributed by atoms with Gasteiger partial charge < -0.3 is 0 Å². The van der Waals surface area contributed by atoms with E-state index in [1.54, 1.807) is 0 Å². The van der Waals surface area contributed by atoms with Crippen molar-refractivity contribution in [1.82, 2.24) is 0 Å². The maximum absolute atomic E-state index is 3.89. The predicted molar refractivity (Wildman–Crippen MR) is 134 cm³/mol. The Hall–Kier alpha value is -3.03. The van der Waals surface area contributed by atoms with Crippen LogP contribution in [-0.4, -0.2) is 0 Å². The maximum Gasteiger partial charge on any atom is 0.0157 e. The van der Waals surface area contributed by atoms with Gasteiger partial charge in [-0.25, -0.2) is 0 Å². The van der Waals surface area contributed by atoms with Crippen molar-refractivity contribution < 1.29 is 0 Å². The van der Waals surface area contributed by atoms with Crippen LogP contribution in [0.25, 0.3) is 0 Å². The van der Waals surface area contributed by atoms with Crippen LogP contribution in [0.5, 0.6) is 0 Å². The molecule has 0 unspecified atom stereocenters. The van der Waals surface area contributed by atoms with Crippen LogP contribution >= 0.6 is 11.8 Å². The third-order valence-corrected chi connectivity index (χ3v) is 6.76. The first-order chi connectivity index (χ1) is 15.3. The van der Waals surface area contributed by atoms with E-state index in [1.807, 2.05) is 17.8 Å². The smallest absolute Gasteiger partial charge is 0.0157 e. The molecule has 0 aliphatic rings. The third kappa shape index (κ3) is 5.77. The number of rotatable bonds is 9. The molecule has 0 aromatic heterocycles. The minimum absolute atomic E-state index is 0.955. The Kier molecular flexibility index (Phi) is 7.41. The molecular formula is C30H28S. The SMILES string of the molecule is C=CCCc1ccccc1Cc1ccccc1Sc1ccccc1Cc1ccccc1. The number of aryl methyl sites for hydroxylation is 1. The van der Waals surface area contributed by atoms with E-state index in [0.29, 0.717) is 0 Å². The normalized spacial score (nSPS) is 10.7. The van der Waals surface area contributed by atoms with Gasteiger partial charge in [0.15, 0.2) is 0 Å². The van der Waals surface area contributed by atoms with Gasteiger partial charge in [-0.3, -0.25) is 0 Å². The molecule has 0 aliphatic heterocycles. The van der Waals surface area contributed by atoms with Crippen molar-refractivity contribution in [2.75, 3.05) is 0 Å². The fourth-order valence-corrected chi connectivity index (χ4v) is 4.94. The monoisotopic (exact) mass is 420 g/mol. The first-order valence-corrected chi connectivity index (χ1v) is 11.7. The molecule has 0 bridgehead atoms. The first-order valence-electron chi connectivity index (χ1n) is 10.9. The molecule has 0 nitrogen and oxygen atoms in total. The molecule has 0 N–H and O–H groups in total. The fraction of sp³-hybridized carbons (Fsp3) is 0.133. The second-order valence-corrected chi connectivity index (χ2v) is 8.84. The average Bonchev–Trinajstić information content (AvgIpc) is 2.82. The van der Waals surface area contributed by atoms with Crippen molar-refractivity contribution in [2.45, 2.75) is 35.5 Å². The summed E-state index contributed by atoms with van der Waals surface area (Å²) >= 11 is 1.89. The van der Waals surface area contributed by atoms with Crippen LogP contribution in [0.4, 0.5) is 0 Å². The predicted octanol–water partition coefficient (Wildman–Crippen LogP) is 8.14. The number of hydrogen-bond acceptors (Lipinski definition) is 1. The lowest BCUT2D eigenvalue weighted by Crippen LogP contribution is -1.97. The summed E-state index contributed by atoms with van der Waals surface area (Å²) in [7, 11) is 0. The van der Waals surface area contributed by atoms with E-state index in [-0.39, 0.29) is 0 Å². The van der Waals surface area contributed by atoms with Gasteiger partial charge in [0.2, 0.25) is 0 Å². The van der Waals surface area contributed by atoms with Crippen LogP contribution in [0.15, 0.2) is 126 Å². The highest BCUT2D eigenvalue weighted by atomic mass is 32.2. The highest BCUT2D eigenvalue weighted by Gasteiger charge is 2.10. The third-order valence-electron chi connectivity index (χ3n) is 5.52. The van der Waals surface area contributed by atoms with E-state index in [2.05, 4.69) is 110 Å². The van der Waals surface area contributed by atoms with Crippen LogP contribution in [0, 0.1) is 0 Å². The van der Waals surface area contributed by atoms with Crippen molar-refractivity contribution in [3.8, 4) is 0 Å². The molecule has 4 rings (SSSR count). The standard InChI is InChI=1S/C30H28S/c1-2-3-15-25-16-7-8-17-26(25)23-28-19-10-12-21-30(28)31-29-20-11-9-18-27(29)22-24-13-5-4-6-14-24/h2,4-14,16-21H,1,3,15,22-23H2. The van der Waals surface area contributed by atoms with Crippen LogP contribution in [-0.2, 0) is 19.3 Å². The molecule has 31 heavy (non-hydrogen) atoms. The summed E-state index contributed by atoms with van der Waals surface area (Å²) in [4.78, 5) is 2.67. The lowest BCUT2D eigenvalue weighted by atomic mass is 9.97. The summed E-state index contributed by atoms with van der Waals surface area (Å²) < 4.78 is 0. The largest absolute Gasteiger partial charge is 0.103 e. The summed E-state index contributed by atoms with van der Waals surface area (Å²) in [5.41, 5.74) is 6.94. The van der Waals surface area contributed by atoms with E-state index in [1.165, 1.54) is 37.6 Å². The molecule has 0 heterocycles. The minimum Gasteiger partial charge on any atom is -0.103 e. The Bertz CT molecular complexity index is 1130. The topological polar surface area (TPSA) is 0 Å². The number of hydrogen-bond donors (Lipinski definition) is 0. The molecule has 0 fully saturated rings. The zero-order valence-electron chi connectivity index (χ0n) is 17.8. The molecular weight excluding hydrogens is 392 g/mol. The van der Waals surface area contributed by atoms with Gasteiger partial charge in [-0.15, -0.1) is 6.58 Å². The molecule has 4 aromatic rings. The molecule has 154 valence electrons. The van der Waals surface area contributed by atoms with E-state index >= 15 is 0 Å². The molecule has 0 aliphatic carbocycles.